The van der Waals surface area contributed by atoms with Gasteiger partial charge in [0.25, 0.3) is 0 Å². The highest BCUT2D eigenvalue weighted by Gasteiger charge is 1.99. The van der Waals surface area contributed by atoms with E-state index in [4.69, 9.17) is 15.4 Å². The van der Waals surface area contributed by atoms with Crippen molar-refractivity contribution in [3.63, 3.8) is 0 Å². The first kappa shape index (κ1) is 11.7. The Bertz CT molecular complexity index is 442. The van der Waals surface area contributed by atoms with Crippen LogP contribution in [0.25, 0.3) is 0 Å². The summed E-state index contributed by atoms with van der Waals surface area (Å²) in [5, 5.41) is 19.8. The molecule has 2 N–H and O–H groups in total. The van der Waals surface area contributed by atoms with Gasteiger partial charge in [0.2, 0.25) is 0 Å². The van der Waals surface area contributed by atoms with Crippen molar-refractivity contribution in [1.29, 1.82) is 10.7 Å². The Labute approximate surface area is 93.9 Å². The molecule has 0 aromatic heterocycles. The lowest BCUT2D eigenvalue weighted by Crippen LogP contribution is -2.08. The second-order valence-corrected chi connectivity index (χ2v) is 3.04. The monoisotopic (exact) mass is 216 g/mol. The SMILES string of the molecule is COc1ccc(NN=C(C#N)C(C)=N)cc1. The minimum Gasteiger partial charge on any atom is -0.497 e. The third-order valence-electron chi connectivity index (χ3n) is 1.85. The number of nitrogens with one attached hydrogen (secondary N) is 2. The molecular formula is C11H12N4O. The summed E-state index contributed by atoms with van der Waals surface area (Å²) in [4.78, 5) is 0. The molecule has 0 aliphatic heterocycles. The van der Waals surface area contributed by atoms with Crippen LogP contribution in [0, 0.1) is 16.7 Å². The van der Waals surface area contributed by atoms with Crippen LogP contribution >= 0.6 is 0 Å². The number of anilines is 1. The maximum absolute atomic E-state index is 8.68. The van der Waals surface area contributed by atoms with Gasteiger partial charge in [-0.05, 0) is 31.2 Å². The number of hydrogen-bond acceptors (Lipinski definition) is 5. The molecule has 0 spiro atoms. The van der Waals surface area contributed by atoms with Crippen molar-refractivity contribution in [3.8, 4) is 11.8 Å². The van der Waals surface area contributed by atoms with E-state index in [9.17, 15) is 0 Å². The predicted molar refractivity (Wildman–Crippen MR) is 63.1 cm³/mol. The van der Waals surface area contributed by atoms with Gasteiger partial charge in [-0.2, -0.15) is 10.4 Å². The van der Waals surface area contributed by atoms with E-state index in [1.165, 1.54) is 6.92 Å². The van der Waals surface area contributed by atoms with Crippen LogP contribution in [-0.4, -0.2) is 18.5 Å². The number of ether oxygens (including phenoxy) is 1. The molecule has 1 aromatic rings. The van der Waals surface area contributed by atoms with E-state index in [-0.39, 0.29) is 11.4 Å². The van der Waals surface area contributed by atoms with Crippen LogP contribution < -0.4 is 10.2 Å². The van der Waals surface area contributed by atoms with Crippen molar-refractivity contribution in [1.82, 2.24) is 0 Å². The zero-order valence-electron chi connectivity index (χ0n) is 9.11. The minimum absolute atomic E-state index is 0.0656. The van der Waals surface area contributed by atoms with Crippen molar-refractivity contribution in [2.75, 3.05) is 12.5 Å². The number of nitrogens with zero attached hydrogens (tertiary/aromatic N) is 2. The number of hydrogen-bond donors (Lipinski definition) is 2. The molecule has 1 rings (SSSR count). The van der Waals surface area contributed by atoms with Crippen LogP contribution in [0.3, 0.4) is 0 Å². The Kier molecular flexibility index (Phi) is 4.04. The average molecular weight is 216 g/mol. The highest BCUT2D eigenvalue weighted by Crippen LogP contribution is 2.14. The van der Waals surface area contributed by atoms with Gasteiger partial charge in [0, 0.05) is 0 Å². The maximum Gasteiger partial charge on any atom is 0.181 e. The molecule has 0 heterocycles. The fraction of sp³-hybridized carbons (Fsp3) is 0.182. The van der Waals surface area contributed by atoms with Gasteiger partial charge in [-0.15, -0.1) is 0 Å². The smallest absolute Gasteiger partial charge is 0.181 e. The summed E-state index contributed by atoms with van der Waals surface area (Å²) in [5.74, 6) is 0.748. The zero-order chi connectivity index (χ0) is 12.0. The highest BCUT2D eigenvalue weighted by molar-refractivity contribution is 6.46. The van der Waals surface area contributed by atoms with E-state index in [1.54, 1.807) is 31.4 Å². The normalized spacial score (nSPS) is 10.4. The molecule has 0 atom stereocenters. The molecule has 0 aliphatic carbocycles. The average Bonchev–Trinajstić information content (AvgIpc) is 2.30. The van der Waals surface area contributed by atoms with Crippen molar-refractivity contribution >= 4 is 17.1 Å². The second-order valence-electron chi connectivity index (χ2n) is 3.04. The van der Waals surface area contributed by atoms with Crippen molar-refractivity contribution in [2.45, 2.75) is 6.92 Å². The molecule has 82 valence electrons. The molecule has 5 heteroatoms. The lowest BCUT2D eigenvalue weighted by molar-refractivity contribution is 0.415. The summed E-state index contributed by atoms with van der Waals surface area (Å²) in [7, 11) is 1.59. The van der Waals surface area contributed by atoms with Crippen molar-refractivity contribution in [2.24, 2.45) is 5.10 Å². The topological polar surface area (TPSA) is 81.3 Å². The molecule has 16 heavy (non-hydrogen) atoms. The molecule has 0 unspecified atom stereocenters. The lowest BCUT2D eigenvalue weighted by Gasteiger charge is -2.02. The summed E-state index contributed by atoms with van der Waals surface area (Å²) in [6.07, 6.45) is 0. The van der Waals surface area contributed by atoms with E-state index in [0.717, 1.165) is 11.4 Å². The number of rotatable bonds is 4. The van der Waals surface area contributed by atoms with Crippen LogP contribution in [0.1, 0.15) is 6.92 Å². The van der Waals surface area contributed by atoms with Crippen LogP contribution in [0.4, 0.5) is 5.69 Å². The quantitative estimate of drug-likeness (QED) is 0.596. The van der Waals surface area contributed by atoms with E-state index in [1.807, 2.05) is 6.07 Å². The third-order valence-corrected chi connectivity index (χ3v) is 1.85. The van der Waals surface area contributed by atoms with E-state index < -0.39 is 0 Å². The Morgan fingerprint density at radius 3 is 2.50 bits per heavy atom. The van der Waals surface area contributed by atoms with E-state index in [2.05, 4.69) is 10.5 Å². The molecule has 0 saturated heterocycles. The van der Waals surface area contributed by atoms with E-state index >= 15 is 0 Å². The molecular weight excluding hydrogens is 204 g/mol. The van der Waals surface area contributed by atoms with Crippen LogP contribution in [0.5, 0.6) is 5.75 Å². The Morgan fingerprint density at radius 2 is 2.06 bits per heavy atom. The van der Waals surface area contributed by atoms with Crippen LogP contribution in [0.2, 0.25) is 0 Å². The number of nitriles is 1. The summed E-state index contributed by atoms with van der Waals surface area (Å²) in [5.41, 5.74) is 3.62. The first-order valence-electron chi connectivity index (χ1n) is 4.60. The maximum atomic E-state index is 8.68. The standard InChI is InChI=1S/C11H12N4O/c1-8(13)11(7-12)15-14-9-3-5-10(16-2)6-4-9/h3-6,13-14H,1-2H3. The molecule has 5 nitrogen and oxygen atoms in total. The Balaban J connectivity index is 2.74. The van der Waals surface area contributed by atoms with Crippen LogP contribution in [-0.2, 0) is 0 Å². The highest BCUT2D eigenvalue weighted by atomic mass is 16.5. The lowest BCUT2D eigenvalue weighted by atomic mass is 10.3. The number of hydrazone groups is 1. The van der Waals surface area contributed by atoms with Crippen molar-refractivity contribution < 1.29 is 4.74 Å². The molecule has 0 amide bonds. The molecule has 0 saturated carbocycles. The van der Waals surface area contributed by atoms with Gasteiger partial charge in [-0.25, -0.2) is 0 Å². The second kappa shape index (κ2) is 5.51. The van der Waals surface area contributed by atoms with Gasteiger partial charge in [0.1, 0.15) is 11.8 Å². The predicted octanol–water partition coefficient (Wildman–Crippen LogP) is 2.03. The van der Waals surface area contributed by atoms with Gasteiger partial charge in [-0.1, -0.05) is 0 Å². The summed E-state index contributed by atoms with van der Waals surface area (Å²) >= 11 is 0. The molecule has 0 fully saturated rings. The first-order valence-corrected chi connectivity index (χ1v) is 4.60. The number of methoxy groups -OCH3 is 1. The van der Waals surface area contributed by atoms with Crippen molar-refractivity contribution in [3.05, 3.63) is 24.3 Å². The largest absolute Gasteiger partial charge is 0.497 e. The van der Waals surface area contributed by atoms with Gasteiger partial charge >= 0.3 is 0 Å². The summed E-state index contributed by atoms with van der Waals surface area (Å²) < 4.78 is 5.00. The van der Waals surface area contributed by atoms with Gasteiger partial charge in [0.05, 0.1) is 18.5 Å². The Hall–Kier alpha value is -2.35. The summed E-state index contributed by atoms with van der Waals surface area (Å²) in [6, 6.07) is 8.94. The molecule has 0 aliphatic rings. The third kappa shape index (κ3) is 3.10. The summed E-state index contributed by atoms with van der Waals surface area (Å²) in [6.45, 7) is 1.51. The van der Waals surface area contributed by atoms with Gasteiger partial charge in [-0.3, -0.25) is 5.43 Å². The molecule has 0 bridgehead atoms. The minimum atomic E-state index is 0.0656. The molecule has 1 aromatic carbocycles. The number of benzene rings is 1. The molecule has 0 radical (unpaired) electrons. The zero-order valence-corrected chi connectivity index (χ0v) is 9.11. The van der Waals surface area contributed by atoms with Gasteiger partial charge < -0.3 is 10.1 Å². The fourth-order valence-corrected chi connectivity index (χ4v) is 0.979. The Morgan fingerprint density at radius 1 is 1.44 bits per heavy atom. The first-order chi connectivity index (χ1) is 7.67. The van der Waals surface area contributed by atoms with E-state index in [0.29, 0.717) is 0 Å². The fourth-order valence-electron chi connectivity index (χ4n) is 0.979. The van der Waals surface area contributed by atoms with Gasteiger partial charge in [0.15, 0.2) is 5.71 Å². The van der Waals surface area contributed by atoms with Crippen LogP contribution in [0.15, 0.2) is 29.4 Å².